The normalized spacial score (nSPS) is 22.3. The summed E-state index contributed by atoms with van der Waals surface area (Å²) < 4.78 is 6.88. The monoisotopic (exact) mass is 390 g/mol. The lowest BCUT2D eigenvalue weighted by Crippen LogP contribution is -2.23. The Hall–Kier alpha value is -0.590. The molecule has 6 heteroatoms. The summed E-state index contributed by atoms with van der Waals surface area (Å²) in [5.74, 6) is 0.719. The Balaban J connectivity index is 2.12. The molecule has 1 aliphatic rings. The number of halogens is 2. The maximum absolute atomic E-state index is 12.2. The van der Waals surface area contributed by atoms with Crippen molar-refractivity contribution in [2.75, 3.05) is 12.4 Å². The number of nitrogens with one attached hydrogen (secondary N) is 1. The van der Waals surface area contributed by atoms with Crippen LogP contribution in [0.4, 0.5) is 5.69 Å². The fourth-order valence-electron chi connectivity index (χ4n) is 2.27. The number of benzene rings is 1. The van der Waals surface area contributed by atoms with Gasteiger partial charge >= 0.3 is 0 Å². The Kier molecular flexibility index (Phi) is 4.86. The van der Waals surface area contributed by atoms with Crippen molar-refractivity contribution in [2.45, 2.75) is 25.3 Å². The third kappa shape index (κ3) is 3.49. The van der Waals surface area contributed by atoms with Gasteiger partial charge in [0.05, 0.1) is 17.3 Å². The molecule has 0 heterocycles. The molecule has 0 aliphatic heterocycles. The molecule has 3 N–H and O–H groups in total. The van der Waals surface area contributed by atoms with Crippen molar-refractivity contribution in [1.29, 1.82) is 0 Å². The second-order valence-electron chi connectivity index (χ2n) is 4.73. The molecule has 0 radical (unpaired) electrons. The molecular formula is C13H16Br2N2O2. The molecule has 1 saturated carbocycles. The third-order valence-electron chi connectivity index (χ3n) is 3.34. The molecule has 4 nitrogen and oxygen atoms in total. The predicted octanol–water partition coefficient (Wildman–Crippen LogP) is 3.29. The first-order valence-electron chi connectivity index (χ1n) is 6.10. The van der Waals surface area contributed by atoms with Gasteiger partial charge in [0, 0.05) is 22.5 Å². The molecular weight excluding hydrogens is 376 g/mol. The SMILES string of the molecule is COc1cc(NC(=O)C2CCC(N)C2)c(Br)cc1Br. The first-order valence-corrected chi connectivity index (χ1v) is 7.69. The number of anilines is 1. The average Bonchev–Trinajstić information content (AvgIpc) is 2.79. The highest BCUT2D eigenvalue weighted by Crippen LogP contribution is 2.35. The second kappa shape index (κ2) is 6.24. The van der Waals surface area contributed by atoms with Crippen molar-refractivity contribution in [3.05, 3.63) is 21.1 Å². The van der Waals surface area contributed by atoms with E-state index in [0.29, 0.717) is 11.4 Å². The molecule has 0 bridgehead atoms. The van der Waals surface area contributed by atoms with E-state index in [2.05, 4.69) is 37.2 Å². The minimum atomic E-state index is 0.0107. The Morgan fingerprint density at radius 1 is 1.37 bits per heavy atom. The molecule has 1 fully saturated rings. The fraction of sp³-hybridized carbons (Fsp3) is 0.462. The van der Waals surface area contributed by atoms with Gasteiger partial charge in [0.1, 0.15) is 5.75 Å². The van der Waals surface area contributed by atoms with Gasteiger partial charge in [0.25, 0.3) is 0 Å². The minimum Gasteiger partial charge on any atom is -0.495 e. The van der Waals surface area contributed by atoms with Crippen LogP contribution in [0.1, 0.15) is 19.3 Å². The van der Waals surface area contributed by atoms with Crippen molar-refractivity contribution in [3.8, 4) is 5.75 Å². The summed E-state index contributed by atoms with van der Waals surface area (Å²) in [6, 6.07) is 3.80. The molecule has 1 aliphatic carbocycles. The number of carbonyl (C=O) groups excluding carboxylic acids is 1. The molecule has 1 aromatic carbocycles. The van der Waals surface area contributed by atoms with Crippen molar-refractivity contribution in [1.82, 2.24) is 0 Å². The van der Waals surface area contributed by atoms with Crippen LogP contribution >= 0.6 is 31.9 Å². The van der Waals surface area contributed by atoms with Gasteiger partial charge in [-0.25, -0.2) is 0 Å². The standard InChI is InChI=1S/C13H16Br2N2O2/c1-19-12-6-11(9(14)5-10(12)15)17-13(18)7-2-3-8(16)4-7/h5-8H,2-4,16H2,1H3,(H,17,18). The lowest BCUT2D eigenvalue weighted by atomic mass is 10.1. The topological polar surface area (TPSA) is 64.3 Å². The quantitative estimate of drug-likeness (QED) is 0.830. The molecule has 2 rings (SSSR count). The number of hydrogen-bond acceptors (Lipinski definition) is 3. The Bertz CT molecular complexity index is 494. The molecule has 104 valence electrons. The largest absolute Gasteiger partial charge is 0.495 e. The van der Waals surface area contributed by atoms with E-state index in [9.17, 15) is 4.79 Å². The van der Waals surface area contributed by atoms with Crippen molar-refractivity contribution in [2.24, 2.45) is 11.7 Å². The van der Waals surface area contributed by atoms with E-state index in [0.717, 1.165) is 28.2 Å². The zero-order valence-electron chi connectivity index (χ0n) is 10.6. The van der Waals surface area contributed by atoms with E-state index in [-0.39, 0.29) is 17.9 Å². The van der Waals surface area contributed by atoms with E-state index < -0.39 is 0 Å². The van der Waals surface area contributed by atoms with Crippen LogP contribution in [-0.4, -0.2) is 19.1 Å². The molecule has 1 amide bonds. The maximum atomic E-state index is 12.2. The van der Waals surface area contributed by atoms with Crippen LogP contribution in [0.3, 0.4) is 0 Å². The lowest BCUT2D eigenvalue weighted by Gasteiger charge is -2.14. The highest BCUT2D eigenvalue weighted by molar-refractivity contribution is 9.11. The van der Waals surface area contributed by atoms with Crippen LogP contribution in [0, 0.1) is 5.92 Å². The van der Waals surface area contributed by atoms with Crippen molar-refractivity contribution in [3.63, 3.8) is 0 Å². The Morgan fingerprint density at radius 2 is 2.11 bits per heavy atom. The second-order valence-corrected chi connectivity index (χ2v) is 6.43. The first kappa shape index (κ1) is 14.8. The van der Waals surface area contributed by atoms with E-state index >= 15 is 0 Å². The summed E-state index contributed by atoms with van der Waals surface area (Å²) in [5.41, 5.74) is 6.55. The van der Waals surface area contributed by atoms with Gasteiger partial charge in [-0.05, 0) is 57.2 Å². The Morgan fingerprint density at radius 3 is 2.68 bits per heavy atom. The van der Waals surface area contributed by atoms with Crippen LogP contribution in [0.2, 0.25) is 0 Å². The van der Waals surface area contributed by atoms with Gasteiger partial charge < -0.3 is 15.8 Å². The first-order chi connectivity index (χ1) is 9.01. The van der Waals surface area contributed by atoms with Crippen LogP contribution < -0.4 is 15.8 Å². The average molecular weight is 392 g/mol. The van der Waals surface area contributed by atoms with E-state index in [4.69, 9.17) is 10.5 Å². The van der Waals surface area contributed by atoms with Gasteiger partial charge in [-0.2, -0.15) is 0 Å². The number of rotatable bonds is 3. The highest BCUT2D eigenvalue weighted by atomic mass is 79.9. The molecule has 19 heavy (non-hydrogen) atoms. The molecule has 0 spiro atoms. The summed E-state index contributed by atoms with van der Waals surface area (Å²) in [4.78, 5) is 12.2. The molecule has 0 saturated heterocycles. The predicted molar refractivity (Wildman–Crippen MR) is 82.3 cm³/mol. The lowest BCUT2D eigenvalue weighted by molar-refractivity contribution is -0.119. The van der Waals surface area contributed by atoms with Gasteiger partial charge in [-0.3, -0.25) is 4.79 Å². The fourth-order valence-corrected chi connectivity index (χ4v) is 3.53. The number of ether oxygens (including phenoxy) is 1. The highest BCUT2D eigenvalue weighted by Gasteiger charge is 2.28. The number of carbonyl (C=O) groups is 1. The van der Waals surface area contributed by atoms with Crippen molar-refractivity contribution >= 4 is 43.5 Å². The van der Waals surface area contributed by atoms with Crippen molar-refractivity contribution < 1.29 is 9.53 Å². The van der Waals surface area contributed by atoms with Crippen LogP contribution in [0.25, 0.3) is 0 Å². The summed E-state index contributed by atoms with van der Waals surface area (Å²) in [6.45, 7) is 0. The zero-order chi connectivity index (χ0) is 14.0. The summed E-state index contributed by atoms with van der Waals surface area (Å²) in [5, 5.41) is 2.93. The smallest absolute Gasteiger partial charge is 0.227 e. The summed E-state index contributed by atoms with van der Waals surface area (Å²) in [7, 11) is 1.59. The number of amides is 1. The third-order valence-corrected chi connectivity index (χ3v) is 4.62. The number of hydrogen-bond donors (Lipinski definition) is 2. The van der Waals surface area contributed by atoms with E-state index in [1.807, 2.05) is 6.07 Å². The molecule has 1 aromatic rings. The number of methoxy groups -OCH3 is 1. The van der Waals surface area contributed by atoms with Crippen LogP contribution in [0.15, 0.2) is 21.1 Å². The molecule has 2 unspecified atom stereocenters. The van der Waals surface area contributed by atoms with Crippen LogP contribution in [0.5, 0.6) is 5.75 Å². The van der Waals surface area contributed by atoms with Gasteiger partial charge in [0.15, 0.2) is 0 Å². The van der Waals surface area contributed by atoms with E-state index in [1.165, 1.54) is 0 Å². The van der Waals surface area contributed by atoms with Gasteiger partial charge in [-0.1, -0.05) is 0 Å². The molecule has 0 aromatic heterocycles. The van der Waals surface area contributed by atoms with Crippen LogP contribution in [-0.2, 0) is 4.79 Å². The zero-order valence-corrected chi connectivity index (χ0v) is 13.8. The van der Waals surface area contributed by atoms with Gasteiger partial charge in [0.2, 0.25) is 5.91 Å². The molecule has 2 atom stereocenters. The van der Waals surface area contributed by atoms with E-state index in [1.54, 1.807) is 13.2 Å². The Labute approximate surface area is 129 Å². The van der Waals surface area contributed by atoms with Gasteiger partial charge in [-0.15, -0.1) is 0 Å². The summed E-state index contributed by atoms with van der Waals surface area (Å²) in [6.07, 6.45) is 2.54. The maximum Gasteiger partial charge on any atom is 0.227 e. The minimum absolute atomic E-state index is 0.0107. The number of nitrogens with two attached hydrogens (primary N) is 1. The summed E-state index contributed by atoms with van der Waals surface area (Å²) >= 11 is 6.83.